The lowest BCUT2D eigenvalue weighted by Crippen LogP contribution is -2.40. The highest BCUT2D eigenvalue weighted by atomic mass is 16.2. The number of carbonyl (C=O) groups excluding carboxylic acids is 3. The van der Waals surface area contributed by atoms with E-state index in [0.29, 0.717) is 77.5 Å². The number of nitrogens with zero attached hydrogens (tertiary/aromatic N) is 1. The van der Waals surface area contributed by atoms with E-state index in [1.54, 1.807) is 0 Å². The fraction of sp³-hybridized carbons (Fsp3) is 0.850. The van der Waals surface area contributed by atoms with E-state index in [-0.39, 0.29) is 17.7 Å². The summed E-state index contributed by atoms with van der Waals surface area (Å²) in [6.45, 7) is 8.13. The van der Waals surface area contributed by atoms with Gasteiger partial charge in [0.25, 0.3) is 0 Å². The van der Waals surface area contributed by atoms with E-state index in [2.05, 4.69) is 29.8 Å². The van der Waals surface area contributed by atoms with Gasteiger partial charge < -0.3 is 32.3 Å². The molecule has 0 fully saturated rings. The van der Waals surface area contributed by atoms with Crippen molar-refractivity contribution < 1.29 is 14.4 Å². The van der Waals surface area contributed by atoms with Gasteiger partial charge in [-0.25, -0.2) is 0 Å². The third-order valence-corrected chi connectivity index (χ3v) is 4.93. The van der Waals surface area contributed by atoms with E-state index in [9.17, 15) is 14.4 Å². The Balaban J connectivity index is 4.35. The predicted octanol–water partition coefficient (Wildman–Crippen LogP) is -0.449. The molecule has 0 aromatic heterocycles. The first-order chi connectivity index (χ1) is 14.0. The summed E-state index contributed by atoms with van der Waals surface area (Å²) in [4.78, 5) is 37.7. The van der Waals surface area contributed by atoms with Gasteiger partial charge in [0.2, 0.25) is 17.7 Å². The summed E-state index contributed by atoms with van der Waals surface area (Å²) in [7, 11) is 0. The predicted molar refractivity (Wildman–Crippen MR) is 116 cm³/mol. The molecule has 29 heavy (non-hydrogen) atoms. The fourth-order valence-corrected chi connectivity index (χ4v) is 2.93. The molecule has 0 unspecified atom stereocenters. The highest BCUT2D eigenvalue weighted by Gasteiger charge is 2.12. The van der Waals surface area contributed by atoms with E-state index >= 15 is 0 Å². The Morgan fingerprint density at radius 2 is 1.17 bits per heavy atom. The van der Waals surface area contributed by atoms with Crippen LogP contribution < -0.4 is 27.4 Å². The zero-order valence-corrected chi connectivity index (χ0v) is 18.3. The van der Waals surface area contributed by atoms with Gasteiger partial charge in [-0.1, -0.05) is 26.7 Å². The molecule has 0 atom stereocenters. The maximum Gasteiger partial charge on any atom is 0.221 e. The third-order valence-electron chi connectivity index (χ3n) is 4.93. The third kappa shape index (κ3) is 15.8. The molecule has 0 aromatic carbocycles. The Morgan fingerprint density at radius 3 is 1.62 bits per heavy atom. The first-order valence-corrected chi connectivity index (χ1v) is 10.9. The van der Waals surface area contributed by atoms with Gasteiger partial charge in [-0.3, -0.25) is 14.4 Å². The Morgan fingerprint density at radius 1 is 0.724 bits per heavy atom. The molecular formula is C20H42N6O3. The number of nitrogens with one attached hydrogen (secondary N) is 3. The first kappa shape index (κ1) is 27.3. The zero-order valence-electron chi connectivity index (χ0n) is 18.3. The van der Waals surface area contributed by atoms with E-state index in [4.69, 9.17) is 11.5 Å². The van der Waals surface area contributed by atoms with Gasteiger partial charge in [0, 0.05) is 71.6 Å². The summed E-state index contributed by atoms with van der Waals surface area (Å²) in [6, 6.07) is 0. The first-order valence-electron chi connectivity index (χ1n) is 10.9. The van der Waals surface area contributed by atoms with Gasteiger partial charge in [0.05, 0.1) is 0 Å². The molecule has 0 saturated carbocycles. The van der Waals surface area contributed by atoms with Crippen LogP contribution in [0.2, 0.25) is 0 Å². The molecule has 0 aliphatic rings. The molecule has 7 N–H and O–H groups in total. The quantitative estimate of drug-likeness (QED) is 0.206. The summed E-state index contributed by atoms with van der Waals surface area (Å²) >= 11 is 0. The van der Waals surface area contributed by atoms with Crippen molar-refractivity contribution in [1.82, 2.24) is 20.9 Å². The van der Waals surface area contributed by atoms with Crippen LogP contribution in [0.5, 0.6) is 0 Å². The Bertz CT molecular complexity index is 433. The second-order valence-corrected chi connectivity index (χ2v) is 7.19. The van der Waals surface area contributed by atoms with Crippen LogP contribution in [0.25, 0.3) is 0 Å². The number of hydrogen-bond donors (Lipinski definition) is 5. The molecule has 0 bridgehead atoms. The lowest BCUT2D eigenvalue weighted by atomic mass is 9.97. The van der Waals surface area contributed by atoms with Gasteiger partial charge in [-0.05, 0) is 12.3 Å². The molecule has 0 aromatic rings. The van der Waals surface area contributed by atoms with Crippen molar-refractivity contribution in [3.63, 3.8) is 0 Å². The lowest BCUT2D eigenvalue weighted by Gasteiger charge is -2.22. The summed E-state index contributed by atoms with van der Waals surface area (Å²) in [5, 5.41) is 8.42. The summed E-state index contributed by atoms with van der Waals surface area (Å²) < 4.78 is 0. The van der Waals surface area contributed by atoms with E-state index in [0.717, 1.165) is 19.3 Å². The maximum absolute atomic E-state index is 12.0. The Labute approximate surface area is 175 Å². The van der Waals surface area contributed by atoms with Gasteiger partial charge in [-0.15, -0.1) is 0 Å². The van der Waals surface area contributed by atoms with Crippen molar-refractivity contribution in [3.8, 4) is 0 Å². The topological polar surface area (TPSA) is 143 Å². The van der Waals surface area contributed by atoms with Crippen molar-refractivity contribution >= 4 is 17.7 Å². The molecule has 0 aliphatic carbocycles. The summed E-state index contributed by atoms with van der Waals surface area (Å²) in [5.74, 6) is 0.513. The van der Waals surface area contributed by atoms with Gasteiger partial charge in [0.15, 0.2) is 0 Å². The van der Waals surface area contributed by atoms with Crippen LogP contribution >= 0.6 is 0 Å². The van der Waals surface area contributed by atoms with Crippen LogP contribution in [-0.4, -0.2) is 75.0 Å². The van der Waals surface area contributed by atoms with Crippen LogP contribution in [0.3, 0.4) is 0 Å². The Hall–Kier alpha value is -1.71. The minimum Gasteiger partial charge on any atom is -0.355 e. The molecule has 0 saturated heterocycles. The minimum atomic E-state index is -0.0674. The molecule has 170 valence electrons. The minimum absolute atomic E-state index is 0.0539. The number of hydrogen-bond acceptors (Lipinski definition) is 6. The van der Waals surface area contributed by atoms with Crippen LogP contribution in [0.15, 0.2) is 0 Å². The second kappa shape index (κ2) is 18.3. The van der Waals surface area contributed by atoms with Gasteiger partial charge in [-0.2, -0.15) is 0 Å². The van der Waals surface area contributed by atoms with Gasteiger partial charge >= 0.3 is 0 Å². The highest BCUT2D eigenvalue weighted by Crippen LogP contribution is 2.14. The number of carbonyl (C=O) groups is 3. The van der Waals surface area contributed by atoms with Crippen molar-refractivity contribution in [1.29, 1.82) is 0 Å². The smallest absolute Gasteiger partial charge is 0.221 e. The molecule has 3 amide bonds. The number of amides is 3. The summed E-state index contributed by atoms with van der Waals surface area (Å²) in [6.07, 6.45) is 4.28. The fourth-order valence-electron chi connectivity index (χ4n) is 2.93. The maximum atomic E-state index is 12.0. The highest BCUT2D eigenvalue weighted by molar-refractivity contribution is 5.77. The molecule has 9 nitrogen and oxygen atoms in total. The van der Waals surface area contributed by atoms with Crippen LogP contribution in [0.1, 0.15) is 52.4 Å². The largest absolute Gasteiger partial charge is 0.355 e. The molecule has 0 spiro atoms. The van der Waals surface area contributed by atoms with Crippen LogP contribution in [0.4, 0.5) is 0 Å². The van der Waals surface area contributed by atoms with E-state index in [1.807, 2.05) is 4.90 Å². The lowest BCUT2D eigenvalue weighted by molar-refractivity contribution is -0.123. The molecule has 0 aliphatic heterocycles. The SMILES string of the molecule is CCC(CC)CCC(=O)NCCN(CCC(=O)NCCN)CCC(=O)NCCN. The summed E-state index contributed by atoms with van der Waals surface area (Å²) in [5.41, 5.74) is 10.8. The van der Waals surface area contributed by atoms with Crippen molar-refractivity contribution in [2.45, 2.75) is 52.4 Å². The molecule has 9 heteroatoms. The normalized spacial score (nSPS) is 11.0. The number of rotatable bonds is 18. The average Bonchev–Trinajstić information content (AvgIpc) is 2.72. The van der Waals surface area contributed by atoms with Crippen molar-refractivity contribution in [3.05, 3.63) is 0 Å². The monoisotopic (exact) mass is 414 g/mol. The number of nitrogens with two attached hydrogens (primary N) is 2. The van der Waals surface area contributed by atoms with Crippen LogP contribution in [0, 0.1) is 5.92 Å². The van der Waals surface area contributed by atoms with Crippen LogP contribution in [-0.2, 0) is 14.4 Å². The molecule has 0 heterocycles. The van der Waals surface area contributed by atoms with Crippen molar-refractivity contribution in [2.24, 2.45) is 17.4 Å². The second-order valence-electron chi connectivity index (χ2n) is 7.19. The molecule has 0 rings (SSSR count). The standard InChI is InChI=1S/C20H42N6O3/c1-3-17(4-2)5-6-18(27)25-13-16-26(14-7-19(28)23-11-9-21)15-8-20(29)24-12-10-22/h17H,3-16,21-22H2,1-2H3,(H,23,28)(H,24,29)(H,25,27). The molecular weight excluding hydrogens is 372 g/mol. The van der Waals surface area contributed by atoms with E-state index in [1.165, 1.54) is 0 Å². The van der Waals surface area contributed by atoms with E-state index < -0.39 is 0 Å². The Kier molecular flexibility index (Phi) is 17.2. The molecule has 0 radical (unpaired) electrons. The van der Waals surface area contributed by atoms with Crippen molar-refractivity contribution in [2.75, 3.05) is 52.4 Å². The average molecular weight is 415 g/mol. The zero-order chi connectivity index (χ0) is 21.9. The van der Waals surface area contributed by atoms with Gasteiger partial charge in [0.1, 0.15) is 0 Å².